The van der Waals surface area contributed by atoms with Gasteiger partial charge in [0.15, 0.2) is 0 Å². The first kappa shape index (κ1) is 12.4. The predicted octanol–water partition coefficient (Wildman–Crippen LogP) is 1.52. The molecule has 6 heteroatoms. The molecule has 1 aliphatic rings. The molecule has 1 heterocycles. The van der Waals surface area contributed by atoms with Gasteiger partial charge in [-0.1, -0.05) is 11.6 Å². The molecular formula is C11H16ClN3O2. The molecule has 1 aromatic heterocycles. The fourth-order valence-corrected chi connectivity index (χ4v) is 2.55. The molecule has 0 bridgehead atoms. The fourth-order valence-electron chi connectivity index (χ4n) is 2.41. The maximum absolute atomic E-state index is 11.7. The average molecular weight is 258 g/mol. The van der Waals surface area contributed by atoms with Crippen LogP contribution in [0.3, 0.4) is 0 Å². The van der Waals surface area contributed by atoms with Crippen LogP contribution in [-0.4, -0.2) is 28.4 Å². The molecule has 0 aliphatic heterocycles. The van der Waals surface area contributed by atoms with Crippen LogP contribution in [-0.2, 0) is 9.53 Å². The van der Waals surface area contributed by atoms with E-state index in [4.69, 9.17) is 22.1 Å². The third kappa shape index (κ3) is 2.45. The van der Waals surface area contributed by atoms with E-state index in [1.165, 1.54) is 7.11 Å². The smallest absolute Gasteiger partial charge is 0.325 e. The Morgan fingerprint density at radius 2 is 2.53 bits per heavy atom. The summed E-state index contributed by atoms with van der Waals surface area (Å²) in [4.78, 5) is 11.7. The number of carbonyl (C=O) groups is 1. The van der Waals surface area contributed by atoms with Crippen molar-refractivity contribution in [3.63, 3.8) is 0 Å². The Hall–Kier alpha value is -1.07. The zero-order valence-electron chi connectivity index (χ0n) is 9.73. The van der Waals surface area contributed by atoms with E-state index < -0.39 is 5.54 Å². The zero-order valence-corrected chi connectivity index (χ0v) is 10.5. The van der Waals surface area contributed by atoms with Crippen molar-refractivity contribution in [1.29, 1.82) is 0 Å². The largest absolute Gasteiger partial charge is 0.468 e. The van der Waals surface area contributed by atoms with Gasteiger partial charge in [-0.2, -0.15) is 5.10 Å². The highest BCUT2D eigenvalue weighted by Crippen LogP contribution is 2.34. The maximum Gasteiger partial charge on any atom is 0.325 e. The van der Waals surface area contributed by atoms with Crippen LogP contribution in [0.25, 0.3) is 0 Å². The third-order valence-corrected chi connectivity index (χ3v) is 3.49. The molecule has 2 unspecified atom stereocenters. The van der Waals surface area contributed by atoms with Crippen molar-refractivity contribution < 1.29 is 9.53 Å². The number of carbonyl (C=O) groups excluding carboxylic acids is 1. The van der Waals surface area contributed by atoms with Crippen LogP contribution in [0, 0.1) is 0 Å². The zero-order chi connectivity index (χ0) is 12.5. The van der Waals surface area contributed by atoms with Crippen molar-refractivity contribution >= 4 is 17.6 Å². The number of nitrogens with zero attached hydrogens (tertiary/aromatic N) is 2. The molecule has 2 rings (SSSR count). The summed E-state index contributed by atoms with van der Waals surface area (Å²) in [5.41, 5.74) is 5.21. The lowest BCUT2D eigenvalue weighted by Crippen LogP contribution is -2.52. The number of methoxy groups -OCH3 is 1. The summed E-state index contributed by atoms with van der Waals surface area (Å²) in [7, 11) is 1.37. The van der Waals surface area contributed by atoms with Crippen molar-refractivity contribution in [2.45, 2.75) is 37.3 Å². The van der Waals surface area contributed by atoms with E-state index in [0.29, 0.717) is 17.9 Å². The van der Waals surface area contributed by atoms with Gasteiger partial charge in [0.1, 0.15) is 5.54 Å². The number of esters is 1. The number of ether oxygens (including phenoxy) is 1. The van der Waals surface area contributed by atoms with Gasteiger partial charge in [0, 0.05) is 6.20 Å². The van der Waals surface area contributed by atoms with Gasteiger partial charge in [0.25, 0.3) is 0 Å². The summed E-state index contributed by atoms with van der Waals surface area (Å²) < 4.78 is 6.55. The highest BCUT2D eigenvalue weighted by atomic mass is 35.5. The second kappa shape index (κ2) is 4.66. The summed E-state index contributed by atoms with van der Waals surface area (Å²) in [5.74, 6) is -0.347. The lowest BCUT2D eigenvalue weighted by atomic mass is 9.80. The van der Waals surface area contributed by atoms with E-state index in [1.807, 2.05) is 0 Å². The van der Waals surface area contributed by atoms with Crippen LogP contribution < -0.4 is 5.73 Å². The van der Waals surface area contributed by atoms with Gasteiger partial charge in [-0.05, 0) is 25.7 Å². The number of halogens is 1. The quantitative estimate of drug-likeness (QED) is 0.816. The van der Waals surface area contributed by atoms with Gasteiger partial charge in [-0.15, -0.1) is 0 Å². The van der Waals surface area contributed by atoms with E-state index in [0.717, 1.165) is 12.8 Å². The molecule has 1 fully saturated rings. The van der Waals surface area contributed by atoms with Crippen molar-refractivity contribution in [3.8, 4) is 0 Å². The average Bonchev–Trinajstić information content (AvgIpc) is 2.75. The maximum atomic E-state index is 11.7. The van der Waals surface area contributed by atoms with Crippen LogP contribution in [0.1, 0.15) is 31.7 Å². The molecule has 1 aliphatic carbocycles. The second-order valence-electron chi connectivity index (χ2n) is 4.54. The van der Waals surface area contributed by atoms with E-state index in [9.17, 15) is 4.79 Å². The summed E-state index contributed by atoms with van der Waals surface area (Å²) in [6.45, 7) is 0. The highest BCUT2D eigenvalue weighted by Gasteiger charge is 2.41. The summed E-state index contributed by atoms with van der Waals surface area (Å²) in [6, 6.07) is 0.111. The van der Waals surface area contributed by atoms with Gasteiger partial charge in [0.05, 0.1) is 24.4 Å². The van der Waals surface area contributed by atoms with Crippen LogP contribution in [0.2, 0.25) is 5.02 Å². The first-order valence-corrected chi connectivity index (χ1v) is 6.00. The molecule has 0 saturated heterocycles. The van der Waals surface area contributed by atoms with Gasteiger partial charge < -0.3 is 10.5 Å². The van der Waals surface area contributed by atoms with Crippen molar-refractivity contribution in [3.05, 3.63) is 17.4 Å². The standard InChI is InChI=1S/C11H16ClN3O2/c1-17-10(16)11(13)4-2-3-9(5-11)15-7-8(12)6-14-15/h6-7,9H,2-5,13H2,1H3. The van der Waals surface area contributed by atoms with E-state index >= 15 is 0 Å². The Morgan fingerprint density at radius 1 is 1.76 bits per heavy atom. The minimum Gasteiger partial charge on any atom is -0.468 e. The lowest BCUT2D eigenvalue weighted by molar-refractivity contribution is -0.149. The molecule has 0 radical (unpaired) electrons. The molecule has 94 valence electrons. The summed E-state index contributed by atoms with van der Waals surface area (Å²) in [5, 5.41) is 4.76. The number of aromatic nitrogens is 2. The first-order chi connectivity index (χ1) is 8.05. The van der Waals surface area contributed by atoms with Gasteiger partial charge in [0.2, 0.25) is 0 Å². The van der Waals surface area contributed by atoms with Crippen LogP contribution >= 0.6 is 11.6 Å². The monoisotopic (exact) mass is 257 g/mol. The number of rotatable bonds is 2. The summed E-state index contributed by atoms with van der Waals surface area (Å²) >= 11 is 5.83. The molecule has 2 N–H and O–H groups in total. The van der Waals surface area contributed by atoms with Gasteiger partial charge >= 0.3 is 5.97 Å². The number of hydrogen-bond acceptors (Lipinski definition) is 4. The third-order valence-electron chi connectivity index (χ3n) is 3.30. The lowest BCUT2D eigenvalue weighted by Gasteiger charge is -2.35. The van der Waals surface area contributed by atoms with Crippen molar-refractivity contribution in [2.24, 2.45) is 5.73 Å². The number of nitrogens with two attached hydrogens (primary N) is 1. The molecule has 2 atom stereocenters. The van der Waals surface area contributed by atoms with Crippen LogP contribution in [0.15, 0.2) is 12.4 Å². The Balaban J connectivity index is 2.14. The fraction of sp³-hybridized carbons (Fsp3) is 0.636. The minimum atomic E-state index is -0.893. The summed E-state index contributed by atoms with van der Waals surface area (Å²) in [6.07, 6.45) is 6.38. The van der Waals surface area contributed by atoms with Crippen molar-refractivity contribution in [1.82, 2.24) is 9.78 Å². The van der Waals surface area contributed by atoms with Gasteiger partial charge in [-0.25, -0.2) is 0 Å². The highest BCUT2D eigenvalue weighted by molar-refractivity contribution is 6.30. The Labute approximate surface area is 105 Å². The molecule has 0 spiro atoms. The van der Waals surface area contributed by atoms with Crippen LogP contribution in [0.5, 0.6) is 0 Å². The number of hydrogen-bond donors (Lipinski definition) is 1. The molecule has 17 heavy (non-hydrogen) atoms. The Bertz CT molecular complexity index is 421. The van der Waals surface area contributed by atoms with E-state index in [2.05, 4.69) is 5.10 Å². The second-order valence-corrected chi connectivity index (χ2v) is 4.97. The SMILES string of the molecule is COC(=O)C1(N)CCCC(n2cc(Cl)cn2)C1. The minimum absolute atomic E-state index is 0.111. The molecule has 0 amide bonds. The van der Waals surface area contributed by atoms with E-state index in [-0.39, 0.29) is 12.0 Å². The van der Waals surface area contributed by atoms with Crippen LogP contribution in [0.4, 0.5) is 0 Å². The normalized spacial score (nSPS) is 29.0. The Morgan fingerprint density at radius 3 is 3.12 bits per heavy atom. The van der Waals surface area contributed by atoms with Gasteiger partial charge in [-0.3, -0.25) is 9.48 Å². The molecule has 5 nitrogen and oxygen atoms in total. The molecule has 1 aromatic rings. The Kier molecular flexibility index (Phi) is 3.40. The van der Waals surface area contributed by atoms with E-state index in [1.54, 1.807) is 17.1 Å². The topological polar surface area (TPSA) is 70.1 Å². The van der Waals surface area contributed by atoms with Crippen molar-refractivity contribution in [2.75, 3.05) is 7.11 Å². The predicted molar refractivity (Wildman–Crippen MR) is 63.7 cm³/mol. The molecular weight excluding hydrogens is 242 g/mol. The molecule has 0 aromatic carbocycles. The first-order valence-electron chi connectivity index (χ1n) is 5.62. The molecule has 1 saturated carbocycles.